The van der Waals surface area contributed by atoms with Gasteiger partial charge in [0, 0.05) is 27.6 Å². The number of H-pyrrole nitrogens is 1. The van der Waals surface area contributed by atoms with Crippen molar-refractivity contribution in [3.63, 3.8) is 0 Å². The van der Waals surface area contributed by atoms with Crippen LogP contribution in [0.15, 0.2) is 97.2 Å². The standard InChI is InChI=1S/C27H18FN5.2ClH/c28-23-15-18(10-12-21(23)17-6-2-1-3-7-17)26-31-25-9-5-4-8-22(25)27(32-26)30-20-11-13-24-19(14-20)16-29-33-24;;/h1-16H,(H,29,33)(H,30,31,32);2*1H. The van der Waals surface area contributed by atoms with Gasteiger partial charge in [-0.25, -0.2) is 14.4 Å². The van der Waals surface area contributed by atoms with Gasteiger partial charge >= 0.3 is 0 Å². The Morgan fingerprint density at radius 1 is 0.743 bits per heavy atom. The molecule has 6 aromatic rings. The summed E-state index contributed by atoms with van der Waals surface area (Å²) in [6.07, 6.45) is 1.78. The molecule has 0 spiro atoms. The molecule has 8 heteroatoms. The van der Waals surface area contributed by atoms with Crippen molar-refractivity contribution in [1.82, 2.24) is 20.2 Å². The number of halogens is 3. The van der Waals surface area contributed by atoms with Gasteiger partial charge < -0.3 is 5.32 Å². The maximum atomic E-state index is 15.0. The van der Waals surface area contributed by atoms with E-state index in [1.807, 2.05) is 78.9 Å². The SMILES string of the molecule is Cl.Cl.Fc1cc(-c2nc(Nc3ccc4[nH]ncc4c3)c3ccccc3n2)ccc1-c1ccccc1. The molecule has 35 heavy (non-hydrogen) atoms. The minimum atomic E-state index is -0.310. The van der Waals surface area contributed by atoms with Gasteiger partial charge in [-0.15, -0.1) is 24.8 Å². The number of aromatic nitrogens is 4. The number of hydrogen-bond acceptors (Lipinski definition) is 4. The number of nitrogens with zero attached hydrogens (tertiary/aromatic N) is 3. The second-order valence-corrected chi connectivity index (χ2v) is 7.77. The molecule has 2 heterocycles. The van der Waals surface area contributed by atoms with Crippen LogP contribution in [0.2, 0.25) is 0 Å². The van der Waals surface area contributed by atoms with Crippen LogP contribution in [-0.4, -0.2) is 20.2 Å². The van der Waals surface area contributed by atoms with E-state index in [9.17, 15) is 0 Å². The molecule has 0 atom stereocenters. The van der Waals surface area contributed by atoms with E-state index in [1.54, 1.807) is 12.3 Å². The summed E-state index contributed by atoms with van der Waals surface area (Å²) in [5.41, 5.74) is 4.62. The van der Waals surface area contributed by atoms with Crippen LogP contribution in [-0.2, 0) is 0 Å². The summed E-state index contributed by atoms with van der Waals surface area (Å²) in [5.74, 6) is 0.806. The number of hydrogen-bond donors (Lipinski definition) is 2. The number of benzene rings is 4. The minimum absolute atomic E-state index is 0. The third-order valence-electron chi connectivity index (χ3n) is 5.62. The van der Waals surface area contributed by atoms with Gasteiger partial charge in [0.2, 0.25) is 0 Å². The van der Waals surface area contributed by atoms with E-state index in [-0.39, 0.29) is 30.6 Å². The van der Waals surface area contributed by atoms with Crippen LogP contribution in [0, 0.1) is 5.82 Å². The quantitative estimate of drug-likeness (QED) is 0.260. The van der Waals surface area contributed by atoms with Gasteiger partial charge in [-0.1, -0.05) is 54.6 Å². The smallest absolute Gasteiger partial charge is 0.162 e. The molecule has 6 rings (SSSR count). The monoisotopic (exact) mass is 503 g/mol. The zero-order valence-electron chi connectivity index (χ0n) is 18.3. The summed E-state index contributed by atoms with van der Waals surface area (Å²) < 4.78 is 15.0. The first-order valence-corrected chi connectivity index (χ1v) is 10.6. The second kappa shape index (κ2) is 10.1. The lowest BCUT2D eigenvalue weighted by atomic mass is 10.0. The Bertz CT molecular complexity index is 1620. The zero-order valence-corrected chi connectivity index (χ0v) is 19.9. The first-order chi connectivity index (χ1) is 16.2. The van der Waals surface area contributed by atoms with Gasteiger partial charge in [0.15, 0.2) is 5.82 Å². The van der Waals surface area contributed by atoms with Crippen LogP contribution in [0.25, 0.3) is 44.3 Å². The molecule has 4 aromatic carbocycles. The highest BCUT2D eigenvalue weighted by Gasteiger charge is 2.13. The molecular weight excluding hydrogens is 484 g/mol. The van der Waals surface area contributed by atoms with Crippen LogP contribution >= 0.6 is 24.8 Å². The number of para-hydroxylation sites is 1. The highest BCUT2D eigenvalue weighted by Crippen LogP contribution is 2.31. The fourth-order valence-corrected chi connectivity index (χ4v) is 3.96. The van der Waals surface area contributed by atoms with E-state index in [0.717, 1.165) is 33.1 Å². The van der Waals surface area contributed by atoms with E-state index in [4.69, 9.17) is 9.97 Å². The first-order valence-electron chi connectivity index (χ1n) is 10.6. The lowest BCUT2D eigenvalue weighted by Gasteiger charge is -2.12. The number of rotatable bonds is 4. The summed E-state index contributed by atoms with van der Waals surface area (Å²) in [5, 5.41) is 12.3. The summed E-state index contributed by atoms with van der Waals surface area (Å²) in [6, 6.07) is 28.3. The normalized spacial score (nSPS) is 10.5. The molecule has 0 radical (unpaired) electrons. The maximum absolute atomic E-state index is 15.0. The third-order valence-corrected chi connectivity index (χ3v) is 5.62. The fourth-order valence-electron chi connectivity index (χ4n) is 3.96. The molecule has 5 nitrogen and oxygen atoms in total. The van der Waals surface area contributed by atoms with Gasteiger partial charge in [-0.3, -0.25) is 5.10 Å². The largest absolute Gasteiger partial charge is 0.340 e. The van der Waals surface area contributed by atoms with Gasteiger partial charge in [0.1, 0.15) is 11.6 Å². The molecule has 0 aliphatic heterocycles. The van der Waals surface area contributed by atoms with E-state index >= 15 is 4.39 Å². The van der Waals surface area contributed by atoms with Crippen LogP contribution in [0.3, 0.4) is 0 Å². The average molecular weight is 504 g/mol. The molecule has 0 saturated heterocycles. The fraction of sp³-hybridized carbons (Fsp3) is 0. The molecule has 2 aromatic heterocycles. The summed E-state index contributed by atoms with van der Waals surface area (Å²) in [4.78, 5) is 9.47. The number of fused-ring (bicyclic) bond motifs is 2. The van der Waals surface area contributed by atoms with Crippen molar-refractivity contribution in [3.8, 4) is 22.5 Å². The molecule has 0 unspecified atom stereocenters. The molecule has 174 valence electrons. The van der Waals surface area contributed by atoms with Crippen LogP contribution < -0.4 is 5.32 Å². The molecule has 0 bridgehead atoms. The van der Waals surface area contributed by atoms with E-state index in [2.05, 4.69) is 15.5 Å². The number of nitrogens with one attached hydrogen (secondary N) is 2. The molecule has 0 amide bonds. The minimum Gasteiger partial charge on any atom is -0.340 e. The Morgan fingerprint density at radius 3 is 2.37 bits per heavy atom. The molecule has 0 fully saturated rings. The zero-order chi connectivity index (χ0) is 22.2. The van der Waals surface area contributed by atoms with Gasteiger partial charge in [0.05, 0.1) is 17.2 Å². The molecule has 0 aliphatic rings. The van der Waals surface area contributed by atoms with Crippen molar-refractivity contribution in [2.24, 2.45) is 0 Å². The maximum Gasteiger partial charge on any atom is 0.162 e. The topological polar surface area (TPSA) is 66.5 Å². The van der Waals surface area contributed by atoms with Crippen molar-refractivity contribution in [1.29, 1.82) is 0 Å². The number of aromatic amines is 1. The van der Waals surface area contributed by atoms with E-state index < -0.39 is 0 Å². The number of anilines is 2. The lowest BCUT2D eigenvalue weighted by molar-refractivity contribution is 0.631. The summed E-state index contributed by atoms with van der Waals surface area (Å²) in [7, 11) is 0. The Hall–Kier alpha value is -4.00. The van der Waals surface area contributed by atoms with Crippen molar-refractivity contribution in [2.75, 3.05) is 5.32 Å². The highest BCUT2D eigenvalue weighted by molar-refractivity contribution is 5.93. The second-order valence-electron chi connectivity index (χ2n) is 7.77. The van der Waals surface area contributed by atoms with E-state index in [1.165, 1.54) is 6.07 Å². The lowest BCUT2D eigenvalue weighted by Crippen LogP contribution is -2.00. The van der Waals surface area contributed by atoms with Crippen molar-refractivity contribution in [2.45, 2.75) is 0 Å². The van der Waals surface area contributed by atoms with Crippen LogP contribution in [0.1, 0.15) is 0 Å². The predicted molar refractivity (Wildman–Crippen MR) is 144 cm³/mol. The molecule has 2 N–H and O–H groups in total. The highest BCUT2D eigenvalue weighted by atomic mass is 35.5. The van der Waals surface area contributed by atoms with Crippen molar-refractivity contribution < 1.29 is 4.39 Å². The molecular formula is C27H20Cl2FN5. The van der Waals surface area contributed by atoms with Gasteiger partial charge in [-0.05, 0) is 42.0 Å². The van der Waals surface area contributed by atoms with Crippen LogP contribution in [0.4, 0.5) is 15.9 Å². The van der Waals surface area contributed by atoms with Crippen molar-refractivity contribution >= 4 is 58.1 Å². The van der Waals surface area contributed by atoms with E-state index in [0.29, 0.717) is 22.8 Å². The third kappa shape index (κ3) is 4.67. The summed E-state index contributed by atoms with van der Waals surface area (Å²) in [6.45, 7) is 0. The molecule has 0 aliphatic carbocycles. The van der Waals surface area contributed by atoms with Gasteiger partial charge in [0.25, 0.3) is 0 Å². The summed E-state index contributed by atoms with van der Waals surface area (Å²) >= 11 is 0. The average Bonchev–Trinajstić information content (AvgIpc) is 3.32. The van der Waals surface area contributed by atoms with Crippen molar-refractivity contribution in [3.05, 3.63) is 103 Å². The Labute approximate surface area is 213 Å². The predicted octanol–water partition coefficient (Wildman–Crippen LogP) is 7.57. The van der Waals surface area contributed by atoms with Gasteiger partial charge in [-0.2, -0.15) is 5.10 Å². The Kier molecular flexibility index (Phi) is 6.96. The Balaban J connectivity index is 0.00000144. The van der Waals surface area contributed by atoms with Crippen LogP contribution in [0.5, 0.6) is 0 Å². The molecule has 0 saturated carbocycles. The first kappa shape index (κ1) is 24.1. The Morgan fingerprint density at radius 2 is 1.54 bits per heavy atom.